The lowest BCUT2D eigenvalue weighted by molar-refractivity contribution is 0.102. The second-order valence-corrected chi connectivity index (χ2v) is 7.33. The first-order chi connectivity index (χ1) is 13.5. The van der Waals surface area contributed by atoms with Crippen molar-refractivity contribution in [1.29, 1.82) is 0 Å². The largest absolute Gasteiger partial charge is 0.497 e. The van der Waals surface area contributed by atoms with Crippen LogP contribution in [0.5, 0.6) is 11.5 Å². The van der Waals surface area contributed by atoms with Crippen molar-refractivity contribution in [3.8, 4) is 11.5 Å². The summed E-state index contributed by atoms with van der Waals surface area (Å²) in [6.45, 7) is 4.41. The van der Waals surface area contributed by atoms with Gasteiger partial charge in [-0.15, -0.1) is 10.2 Å². The Bertz CT molecular complexity index is 968. The van der Waals surface area contributed by atoms with Crippen LogP contribution < -0.4 is 9.47 Å². The Morgan fingerprint density at radius 2 is 1.86 bits per heavy atom. The molecule has 0 unspecified atom stereocenters. The molecular formula is C21H23N3O3S. The van der Waals surface area contributed by atoms with Gasteiger partial charge in [-0.1, -0.05) is 23.9 Å². The Balaban J connectivity index is 1.59. The number of ketones is 1. The molecule has 0 radical (unpaired) electrons. The Morgan fingerprint density at radius 3 is 2.57 bits per heavy atom. The Kier molecular flexibility index (Phi) is 6.36. The lowest BCUT2D eigenvalue weighted by Crippen LogP contribution is -2.06. The normalized spacial score (nSPS) is 10.7. The Morgan fingerprint density at radius 1 is 1.11 bits per heavy atom. The first-order valence-corrected chi connectivity index (χ1v) is 9.85. The maximum Gasteiger partial charge on any atom is 0.191 e. The van der Waals surface area contributed by atoms with Gasteiger partial charge in [0.05, 0.1) is 12.9 Å². The summed E-state index contributed by atoms with van der Waals surface area (Å²) in [5.41, 5.74) is 2.95. The third-order valence-electron chi connectivity index (χ3n) is 4.58. The summed E-state index contributed by atoms with van der Waals surface area (Å²) < 4.78 is 12.9. The number of benzene rings is 2. The molecule has 1 aromatic heterocycles. The number of thioether (sulfide) groups is 1. The Hall–Kier alpha value is -2.80. The zero-order valence-corrected chi connectivity index (χ0v) is 17.2. The highest BCUT2D eigenvalue weighted by Gasteiger charge is 2.14. The van der Waals surface area contributed by atoms with E-state index in [1.807, 2.05) is 30.7 Å². The molecule has 3 rings (SSSR count). The van der Waals surface area contributed by atoms with Crippen molar-refractivity contribution in [1.82, 2.24) is 14.8 Å². The van der Waals surface area contributed by atoms with Gasteiger partial charge in [-0.3, -0.25) is 4.79 Å². The van der Waals surface area contributed by atoms with Gasteiger partial charge in [0.1, 0.15) is 18.1 Å². The summed E-state index contributed by atoms with van der Waals surface area (Å²) >= 11 is 1.36. The smallest absolute Gasteiger partial charge is 0.191 e. The van der Waals surface area contributed by atoms with Crippen LogP contribution in [0.25, 0.3) is 0 Å². The van der Waals surface area contributed by atoms with Gasteiger partial charge in [0.2, 0.25) is 0 Å². The number of aryl methyl sites for hydroxylation is 1. The highest BCUT2D eigenvalue weighted by Crippen LogP contribution is 2.23. The molecule has 146 valence electrons. The van der Waals surface area contributed by atoms with E-state index in [-0.39, 0.29) is 11.5 Å². The number of Topliss-reactive ketones (excluding diaryl/α,β-unsaturated/α-hetero) is 1. The highest BCUT2D eigenvalue weighted by atomic mass is 32.2. The summed E-state index contributed by atoms with van der Waals surface area (Å²) in [5.74, 6) is 2.60. The third-order valence-corrected chi connectivity index (χ3v) is 5.60. The second-order valence-electron chi connectivity index (χ2n) is 6.38. The summed E-state index contributed by atoms with van der Waals surface area (Å²) in [6, 6.07) is 13.1. The van der Waals surface area contributed by atoms with Gasteiger partial charge in [-0.05, 0) is 55.3 Å². The fourth-order valence-electron chi connectivity index (χ4n) is 2.61. The van der Waals surface area contributed by atoms with E-state index in [4.69, 9.17) is 9.47 Å². The molecular weight excluding hydrogens is 374 g/mol. The van der Waals surface area contributed by atoms with E-state index >= 15 is 0 Å². The van der Waals surface area contributed by atoms with Crippen LogP contribution in [0, 0.1) is 13.8 Å². The van der Waals surface area contributed by atoms with E-state index in [9.17, 15) is 4.79 Å². The molecule has 7 heteroatoms. The zero-order valence-electron chi connectivity index (χ0n) is 16.4. The van der Waals surface area contributed by atoms with Crippen molar-refractivity contribution in [2.75, 3.05) is 12.9 Å². The molecule has 0 spiro atoms. The van der Waals surface area contributed by atoms with Gasteiger partial charge in [-0.25, -0.2) is 0 Å². The lowest BCUT2D eigenvalue weighted by atomic mass is 10.1. The minimum absolute atomic E-state index is 0.0313. The van der Waals surface area contributed by atoms with Crippen LogP contribution in [-0.2, 0) is 13.7 Å². The summed E-state index contributed by atoms with van der Waals surface area (Å²) in [4.78, 5) is 12.4. The van der Waals surface area contributed by atoms with Gasteiger partial charge in [-0.2, -0.15) is 0 Å². The van der Waals surface area contributed by atoms with Crippen LogP contribution in [0.4, 0.5) is 0 Å². The van der Waals surface area contributed by atoms with Crippen LogP contribution in [0.2, 0.25) is 0 Å². The van der Waals surface area contributed by atoms with Crippen LogP contribution in [0.15, 0.2) is 47.6 Å². The van der Waals surface area contributed by atoms with E-state index in [0.717, 1.165) is 17.1 Å². The van der Waals surface area contributed by atoms with Gasteiger partial charge in [0.25, 0.3) is 0 Å². The average molecular weight is 398 g/mol. The molecule has 0 amide bonds. The number of carbonyl (C=O) groups excluding carboxylic acids is 1. The van der Waals surface area contributed by atoms with E-state index in [0.29, 0.717) is 23.2 Å². The van der Waals surface area contributed by atoms with Crippen LogP contribution in [0.1, 0.15) is 27.3 Å². The molecule has 0 aliphatic carbocycles. The van der Waals surface area contributed by atoms with E-state index < -0.39 is 0 Å². The summed E-state index contributed by atoms with van der Waals surface area (Å²) in [6.07, 6.45) is 0. The molecule has 0 saturated carbocycles. The number of hydrogen-bond donors (Lipinski definition) is 0. The van der Waals surface area contributed by atoms with Crippen molar-refractivity contribution < 1.29 is 14.3 Å². The van der Waals surface area contributed by atoms with Gasteiger partial charge >= 0.3 is 0 Å². The average Bonchev–Trinajstić information content (AvgIpc) is 3.07. The maximum absolute atomic E-state index is 12.4. The topological polar surface area (TPSA) is 66.2 Å². The molecule has 0 fully saturated rings. The monoisotopic (exact) mass is 397 g/mol. The first-order valence-electron chi connectivity index (χ1n) is 8.87. The fraction of sp³-hybridized carbons (Fsp3) is 0.286. The highest BCUT2D eigenvalue weighted by molar-refractivity contribution is 7.99. The van der Waals surface area contributed by atoms with Crippen LogP contribution in [0.3, 0.4) is 0 Å². The van der Waals surface area contributed by atoms with Gasteiger partial charge < -0.3 is 14.0 Å². The van der Waals surface area contributed by atoms with Gasteiger partial charge in [0.15, 0.2) is 16.8 Å². The number of carbonyl (C=O) groups is 1. The molecule has 1 heterocycles. The third kappa shape index (κ3) is 4.54. The second kappa shape index (κ2) is 8.93. The molecule has 2 aromatic carbocycles. The minimum atomic E-state index is 0.0313. The molecule has 0 aliphatic heterocycles. The maximum atomic E-state index is 12.4. The van der Waals surface area contributed by atoms with Crippen LogP contribution in [-0.4, -0.2) is 33.4 Å². The quantitative estimate of drug-likeness (QED) is 0.423. The molecule has 0 N–H and O–H groups in total. The molecule has 3 aromatic rings. The lowest BCUT2D eigenvalue weighted by Gasteiger charge is -2.10. The minimum Gasteiger partial charge on any atom is -0.497 e. The summed E-state index contributed by atoms with van der Waals surface area (Å²) in [7, 11) is 3.48. The number of aromatic nitrogens is 3. The molecule has 6 nitrogen and oxygen atoms in total. The van der Waals surface area contributed by atoms with Crippen molar-refractivity contribution in [2.24, 2.45) is 7.05 Å². The predicted octanol–water partition coefficient (Wildman–Crippen LogP) is 3.99. The number of nitrogens with zero attached hydrogens (tertiary/aromatic N) is 3. The number of hydrogen-bond acceptors (Lipinski definition) is 6. The van der Waals surface area contributed by atoms with Crippen molar-refractivity contribution in [3.05, 3.63) is 65.0 Å². The number of methoxy groups -OCH3 is 1. The standard InChI is InChI=1S/C21H23N3O3S/c1-14-6-5-7-19(15(14)2)27-12-20-22-23-21(24(20)3)28-13-18(25)16-8-10-17(26-4)11-9-16/h5-11H,12-13H2,1-4H3. The number of rotatable bonds is 8. The molecule has 0 aliphatic rings. The molecule has 0 saturated heterocycles. The SMILES string of the molecule is COc1ccc(C(=O)CSc2nnc(COc3cccc(C)c3C)n2C)cc1. The molecule has 28 heavy (non-hydrogen) atoms. The van der Waals surface area contributed by atoms with Gasteiger partial charge in [0, 0.05) is 12.6 Å². The van der Waals surface area contributed by atoms with E-state index in [1.165, 1.54) is 17.3 Å². The van der Waals surface area contributed by atoms with Crippen molar-refractivity contribution in [2.45, 2.75) is 25.6 Å². The van der Waals surface area contributed by atoms with Crippen molar-refractivity contribution >= 4 is 17.5 Å². The summed E-state index contributed by atoms with van der Waals surface area (Å²) in [5, 5.41) is 9.06. The Labute approximate surface area is 168 Å². The van der Waals surface area contributed by atoms with E-state index in [1.54, 1.807) is 31.4 Å². The predicted molar refractivity (Wildman–Crippen MR) is 109 cm³/mol. The zero-order chi connectivity index (χ0) is 20.1. The molecule has 0 bridgehead atoms. The molecule has 0 atom stereocenters. The number of ether oxygens (including phenoxy) is 2. The fourth-order valence-corrected chi connectivity index (χ4v) is 3.43. The van der Waals surface area contributed by atoms with Crippen LogP contribution >= 0.6 is 11.8 Å². The first kappa shape index (κ1) is 19.9. The van der Waals surface area contributed by atoms with Crippen molar-refractivity contribution in [3.63, 3.8) is 0 Å². The van der Waals surface area contributed by atoms with E-state index in [2.05, 4.69) is 23.2 Å².